The summed E-state index contributed by atoms with van der Waals surface area (Å²) in [5.41, 5.74) is 13.8. The van der Waals surface area contributed by atoms with Crippen molar-refractivity contribution in [2.75, 3.05) is 19.6 Å². The molecule has 0 aliphatic carbocycles. The molecule has 1 aliphatic rings. The smallest absolute Gasteiger partial charge is 0.250 e. The summed E-state index contributed by atoms with van der Waals surface area (Å²) in [6, 6.07) is 7.24. The van der Waals surface area contributed by atoms with E-state index in [2.05, 4.69) is 4.90 Å². The number of fused-ring (bicyclic) bond motifs is 1. The Kier molecular flexibility index (Phi) is 7.56. The standard InChI is InChI=1S/C19H22ClN3O2S.CH4/c20-13-3-1-12(2-4-13)9-14(24)10-16-18(19(22)25)15-5-7-23(8-6-21)11-17(15)26-16;/h1-4H,5-11,21H2,(H2,22,25);1H4. The Morgan fingerprint density at radius 1 is 1.19 bits per heavy atom. The summed E-state index contributed by atoms with van der Waals surface area (Å²) in [5.74, 6) is -0.378. The van der Waals surface area contributed by atoms with Crippen LogP contribution in [0.25, 0.3) is 0 Å². The third kappa shape index (κ3) is 5.17. The fourth-order valence-electron chi connectivity index (χ4n) is 3.37. The summed E-state index contributed by atoms with van der Waals surface area (Å²) in [5, 5.41) is 0.644. The molecule has 0 radical (unpaired) electrons. The fraction of sp³-hybridized carbons (Fsp3) is 0.400. The van der Waals surface area contributed by atoms with Crippen molar-refractivity contribution in [3.8, 4) is 0 Å². The van der Waals surface area contributed by atoms with E-state index < -0.39 is 5.91 Å². The number of hydrogen-bond donors (Lipinski definition) is 2. The zero-order chi connectivity index (χ0) is 18.7. The number of halogens is 1. The van der Waals surface area contributed by atoms with Gasteiger partial charge in [0.2, 0.25) is 5.91 Å². The van der Waals surface area contributed by atoms with E-state index in [4.69, 9.17) is 23.1 Å². The number of rotatable bonds is 7. The maximum atomic E-state index is 12.5. The average Bonchev–Trinajstić information content (AvgIpc) is 2.94. The van der Waals surface area contributed by atoms with Crippen LogP contribution in [-0.2, 0) is 30.6 Å². The minimum Gasteiger partial charge on any atom is -0.366 e. The topological polar surface area (TPSA) is 89.4 Å². The first kappa shape index (κ1) is 21.6. The van der Waals surface area contributed by atoms with E-state index in [1.165, 1.54) is 11.3 Å². The number of carbonyl (C=O) groups is 2. The first-order valence-corrected chi connectivity index (χ1v) is 9.79. The lowest BCUT2D eigenvalue weighted by Gasteiger charge is -2.26. The van der Waals surface area contributed by atoms with Crippen LogP contribution in [0, 0.1) is 0 Å². The Balaban J connectivity index is 0.00000261. The minimum absolute atomic E-state index is 0. The lowest BCUT2D eigenvalue weighted by atomic mass is 9.98. The van der Waals surface area contributed by atoms with E-state index in [-0.39, 0.29) is 19.6 Å². The molecule has 0 fully saturated rings. The first-order valence-electron chi connectivity index (χ1n) is 8.59. The Hall–Kier alpha value is -1.73. The summed E-state index contributed by atoms with van der Waals surface area (Å²) in [6.07, 6.45) is 1.32. The number of Topliss-reactive ketones (excluding diaryl/α,β-unsaturated/α-hetero) is 1. The van der Waals surface area contributed by atoms with Crippen molar-refractivity contribution < 1.29 is 9.59 Å². The van der Waals surface area contributed by atoms with Crippen LogP contribution in [-0.4, -0.2) is 36.2 Å². The van der Waals surface area contributed by atoms with E-state index in [0.29, 0.717) is 23.6 Å². The van der Waals surface area contributed by atoms with E-state index >= 15 is 0 Å². The summed E-state index contributed by atoms with van der Waals surface area (Å²) in [7, 11) is 0. The number of amides is 1. The van der Waals surface area contributed by atoms with Crippen molar-refractivity contribution in [1.82, 2.24) is 4.90 Å². The molecule has 5 nitrogen and oxygen atoms in total. The highest BCUT2D eigenvalue weighted by atomic mass is 35.5. The van der Waals surface area contributed by atoms with E-state index in [9.17, 15) is 9.59 Å². The van der Waals surface area contributed by atoms with Crippen molar-refractivity contribution >= 4 is 34.6 Å². The Morgan fingerprint density at radius 2 is 1.89 bits per heavy atom. The third-order valence-electron chi connectivity index (χ3n) is 4.57. The van der Waals surface area contributed by atoms with Gasteiger partial charge >= 0.3 is 0 Å². The van der Waals surface area contributed by atoms with E-state index in [1.807, 2.05) is 12.1 Å². The van der Waals surface area contributed by atoms with Gasteiger partial charge in [-0.05, 0) is 29.7 Å². The van der Waals surface area contributed by atoms with Gasteiger partial charge < -0.3 is 11.5 Å². The summed E-state index contributed by atoms with van der Waals surface area (Å²) >= 11 is 7.42. The monoisotopic (exact) mass is 407 g/mol. The molecule has 0 unspecified atom stereocenters. The van der Waals surface area contributed by atoms with Gasteiger partial charge in [-0.1, -0.05) is 31.2 Å². The van der Waals surface area contributed by atoms with Crippen LogP contribution in [0.15, 0.2) is 24.3 Å². The number of thiophene rings is 1. The SMILES string of the molecule is C.NCCN1CCc2c(sc(CC(=O)Cc3ccc(Cl)cc3)c2C(N)=O)C1. The van der Waals surface area contributed by atoms with Crippen LogP contribution in [0.4, 0.5) is 0 Å². The lowest BCUT2D eigenvalue weighted by molar-refractivity contribution is -0.117. The van der Waals surface area contributed by atoms with E-state index in [1.54, 1.807) is 12.1 Å². The molecular weight excluding hydrogens is 382 g/mol. The summed E-state index contributed by atoms with van der Waals surface area (Å²) < 4.78 is 0. The molecule has 146 valence electrons. The highest BCUT2D eigenvalue weighted by Crippen LogP contribution is 2.33. The number of nitrogens with zero attached hydrogens (tertiary/aromatic N) is 1. The van der Waals surface area contributed by atoms with Gasteiger partial charge in [0, 0.05) is 53.8 Å². The maximum Gasteiger partial charge on any atom is 0.250 e. The minimum atomic E-state index is -0.441. The van der Waals surface area contributed by atoms with Gasteiger partial charge in [-0.15, -0.1) is 11.3 Å². The van der Waals surface area contributed by atoms with E-state index in [0.717, 1.165) is 46.9 Å². The van der Waals surface area contributed by atoms with Crippen molar-refractivity contribution in [2.45, 2.75) is 33.2 Å². The average molecular weight is 408 g/mol. The quantitative estimate of drug-likeness (QED) is 0.738. The van der Waals surface area contributed by atoms with Crippen molar-refractivity contribution in [1.29, 1.82) is 0 Å². The zero-order valence-corrected chi connectivity index (χ0v) is 16.0. The molecule has 2 aromatic rings. The van der Waals surface area contributed by atoms with Crippen LogP contribution in [0.5, 0.6) is 0 Å². The molecule has 1 aromatic carbocycles. The highest BCUT2D eigenvalue weighted by Gasteiger charge is 2.27. The molecule has 0 spiro atoms. The van der Waals surface area contributed by atoms with Crippen LogP contribution in [0.2, 0.25) is 5.02 Å². The van der Waals surface area contributed by atoms with Gasteiger partial charge in [0.25, 0.3) is 0 Å². The number of ketones is 1. The lowest BCUT2D eigenvalue weighted by Crippen LogP contribution is -2.34. The fourth-order valence-corrected chi connectivity index (χ4v) is 4.93. The van der Waals surface area contributed by atoms with Crippen LogP contribution < -0.4 is 11.5 Å². The molecule has 0 saturated heterocycles. The molecule has 1 aliphatic heterocycles. The van der Waals surface area contributed by atoms with Crippen molar-refractivity contribution in [2.24, 2.45) is 11.5 Å². The number of carbonyl (C=O) groups excluding carboxylic acids is 2. The predicted octanol–water partition coefficient (Wildman–Crippen LogP) is 2.81. The molecule has 4 N–H and O–H groups in total. The van der Waals surface area contributed by atoms with Gasteiger partial charge in [-0.3, -0.25) is 14.5 Å². The predicted molar refractivity (Wildman–Crippen MR) is 111 cm³/mol. The molecule has 3 rings (SSSR count). The molecule has 0 bridgehead atoms. The Labute approximate surface area is 169 Å². The Morgan fingerprint density at radius 3 is 2.52 bits per heavy atom. The largest absolute Gasteiger partial charge is 0.366 e. The summed E-state index contributed by atoms with van der Waals surface area (Å²) in [4.78, 5) is 28.7. The van der Waals surface area contributed by atoms with Crippen molar-refractivity contribution in [3.05, 3.63) is 55.7 Å². The maximum absolute atomic E-state index is 12.5. The highest BCUT2D eigenvalue weighted by molar-refractivity contribution is 7.12. The molecule has 0 atom stereocenters. The third-order valence-corrected chi connectivity index (χ3v) is 6.04. The number of hydrogen-bond acceptors (Lipinski definition) is 5. The molecular formula is C20H26ClN3O2S. The normalized spacial score (nSPS) is 13.7. The summed E-state index contributed by atoms with van der Waals surface area (Å²) in [6.45, 7) is 3.06. The Bertz CT molecular complexity index is 817. The van der Waals surface area contributed by atoms with Gasteiger partial charge in [0.1, 0.15) is 5.78 Å². The molecule has 0 saturated carbocycles. The van der Waals surface area contributed by atoms with Crippen LogP contribution >= 0.6 is 22.9 Å². The first-order chi connectivity index (χ1) is 12.5. The molecule has 1 aromatic heterocycles. The second-order valence-electron chi connectivity index (χ2n) is 6.50. The second-order valence-corrected chi connectivity index (χ2v) is 8.13. The molecule has 1 amide bonds. The van der Waals surface area contributed by atoms with Gasteiger partial charge in [-0.2, -0.15) is 0 Å². The number of primary amides is 1. The zero-order valence-electron chi connectivity index (χ0n) is 14.5. The second kappa shape index (κ2) is 9.46. The van der Waals surface area contributed by atoms with Crippen LogP contribution in [0.3, 0.4) is 0 Å². The number of nitrogens with two attached hydrogens (primary N) is 2. The van der Waals surface area contributed by atoms with Gasteiger partial charge in [0.05, 0.1) is 5.56 Å². The number of benzene rings is 1. The van der Waals surface area contributed by atoms with Crippen molar-refractivity contribution in [3.63, 3.8) is 0 Å². The molecule has 27 heavy (non-hydrogen) atoms. The molecule has 2 heterocycles. The van der Waals surface area contributed by atoms with Gasteiger partial charge in [0.15, 0.2) is 0 Å². The molecule has 7 heteroatoms. The van der Waals surface area contributed by atoms with Crippen LogP contribution in [0.1, 0.15) is 38.7 Å². The van der Waals surface area contributed by atoms with Gasteiger partial charge in [-0.25, -0.2) is 0 Å².